The molecule has 0 aliphatic carbocycles. The molecule has 1 saturated heterocycles. The van der Waals surface area contributed by atoms with Gasteiger partial charge in [-0.05, 0) is 42.0 Å². The van der Waals surface area contributed by atoms with Gasteiger partial charge in [0.2, 0.25) is 0 Å². The van der Waals surface area contributed by atoms with Crippen LogP contribution in [0.2, 0.25) is 5.02 Å². The molecule has 0 radical (unpaired) electrons. The van der Waals surface area contributed by atoms with Gasteiger partial charge in [0.05, 0.1) is 12.7 Å². The Morgan fingerprint density at radius 1 is 1.08 bits per heavy atom. The minimum atomic E-state index is -0.994. The van der Waals surface area contributed by atoms with Crippen molar-refractivity contribution >= 4 is 29.1 Å². The van der Waals surface area contributed by atoms with Crippen LogP contribution in [0, 0.1) is 0 Å². The highest BCUT2D eigenvalue weighted by Gasteiger charge is 2.42. The summed E-state index contributed by atoms with van der Waals surface area (Å²) in [6, 6.07) is 13.0. The second-order valence-corrected chi connectivity index (χ2v) is 5.59. The van der Waals surface area contributed by atoms with Gasteiger partial charge in [-0.2, -0.15) is 0 Å². The maximum Gasteiger partial charge on any atom is 0.380 e. The number of Topliss-reactive ketones (excluding diaryl/α,β-unsaturated/α-hetero) is 1. The number of hydrogen-bond donors (Lipinski definition) is 1. The summed E-state index contributed by atoms with van der Waals surface area (Å²) in [5.41, 5.74) is 0.845. The number of rotatable bonds is 3. The molecule has 24 heavy (non-hydrogen) atoms. The lowest BCUT2D eigenvalue weighted by atomic mass is 9.96. The molecule has 122 valence electrons. The van der Waals surface area contributed by atoms with Crippen molar-refractivity contribution in [3.63, 3.8) is 0 Å². The second-order valence-electron chi connectivity index (χ2n) is 5.16. The highest BCUT2D eigenvalue weighted by Crippen LogP contribution is 2.37. The van der Waals surface area contributed by atoms with E-state index in [1.807, 2.05) is 0 Å². The number of hydrogen-bond acceptors (Lipinski definition) is 5. The van der Waals surface area contributed by atoms with E-state index in [0.29, 0.717) is 21.9 Å². The number of cyclic esters (lactones) is 1. The number of ketones is 1. The summed E-state index contributed by atoms with van der Waals surface area (Å²) in [7, 11) is 1.53. The maximum absolute atomic E-state index is 12.2. The maximum atomic E-state index is 12.2. The quantitative estimate of drug-likeness (QED) is 0.399. The van der Waals surface area contributed by atoms with Crippen molar-refractivity contribution in [2.24, 2.45) is 0 Å². The molecule has 0 saturated carbocycles. The van der Waals surface area contributed by atoms with Crippen molar-refractivity contribution in [1.29, 1.82) is 0 Å². The molecule has 6 heteroatoms. The molecular formula is C18H13ClO5. The number of methoxy groups -OCH3 is 1. The van der Waals surface area contributed by atoms with Gasteiger partial charge in [-0.25, -0.2) is 4.79 Å². The van der Waals surface area contributed by atoms with E-state index in [-0.39, 0.29) is 11.3 Å². The highest BCUT2D eigenvalue weighted by molar-refractivity contribution is 6.44. The number of halogens is 1. The van der Waals surface area contributed by atoms with E-state index >= 15 is 0 Å². The molecule has 3 rings (SSSR count). The first kappa shape index (κ1) is 16.1. The zero-order valence-electron chi connectivity index (χ0n) is 12.7. The standard InChI is InChI=1S/C18H13ClO5/c1-23-13-8-4-11(5-9-13)17-14(16(21)18(22)24-17)15(20)10-2-6-12(19)7-3-10/h2-9,17,20H,1H3/b15-14+. The largest absolute Gasteiger partial charge is 0.507 e. The van der Waals surface area contributed by atoms with Crippen molar-refractivity contribution < 1.29 is 24.2 Å². The van der Waals surface area contributed by atoms with E-state index in [1.54, 1.807) is 48.5 Å². The van der Waals surface area contributed by atoms with Gasteiger partial charge >= 0.3 is 5.97 Å². The number of aliphatic hydroxyl groups is 1. The van der Waals surface area contributed by atoms with Crippen LogP contribution in [0.1, 0.15) is 17.2 Å². The van der Waals surface area contributed by atoms with Crippen molar-refractivity contribution in [3.05, 3.63) is 70.3 Å². The Labute approximate surface area is 143 Å². The first-order valence-corrected chi connectivity index (χ1v) is 7.47. The fraction of sp³-hybridized carbons (Fsp3) is 0.111. The lowest BCUT2D eigenvalue weighted by molar-refractivity contribution is -0.149. The molecule has 1 aliphatic rings. The monoisotopic (exact) mass is 344 g/mol. The van der Waals surface area contributed by atoms with Gasteiger partial charge < -0.3 is 14.6 Å². The molecule has 1 unspecified atom stereocenters. The van der Waals surface area contributed by atoms with E-state index in [4.69, 9.17) is 21.1 Å². The Morgan fingerprint density at radius 3 is 2.29 bits per heavy atom. The van der Waals surface area contributed by atoms with Gasteiger partial charge in [0, 0.05) is 10.6 Å². The number of aliphatic hydroxyl groups excluding tert-OH is 1. The smallest absolute Gasteiger partial charge is 0.380 e. The first-order valence-electron chi connectivity index (χ1n) is 7.09. The summed E-state index contributed by atoms with van der Waals surface area (Å²) in [5, 5.41) is 11.0. The van der Waals surface area contributed by atoms with Crippen LogP contribution in [0.4, 0.5) is 0 Å². The molecular weight excluding hydrogens is 332 g/mol. The van der Waals surface area contributed by atoms with Gasteiger partial charge in [0.25, 0.3) is 5.78 Å². The summed E-state index contributed by atoms with van der Waals surface area (Å²) in [6.07, 6.45) is -0.966. The van der Waals surface area contributed by atoms with Crippen LogP contribution in [0.15, 0.2) is 54.1 Å². The van der Waals surface area contributed by atoms with Crippen LogP contribution >= 0.6 is 11.6 Å². The van der Waals surface area contributed by atoms with Crippen LogP contribution in [-0.2, 0) is 14.3 Å². The predicted molar refractivity (Wildman–Crippen MR) is 87.8 cm³/mol. The van der Waals surface area contributed by atoms with E-state index < -0.39 is 17.9 Å². The van der Waals surface area contributed by atoms with Gasteiger partial charge in [0.15, 0.2) is 6.10 Å². The Morgan fingerprint density at radius 2 is 1.71 bits per heavy atom. The van der Waals surface area contributed by atoms with Crippen LogP contribution in [0.3, 0.4) is 0 Å². The fourth-order valence-electron chi connectivity index (χ4n) is 2.46. The minimum absolute atomic E-state index is 0.0903. The van der Waals surface area contributed by atoms with Crippen LogP contribution in [-0.4, -0.2) is 24.0 Å². The third-order valence-electron chi connectivity index (χ3n) is 3.71. The van der Waals surface area contributed by atoms with E-state index in [1.165, 1.54) is 7.11 Å². The van der Waals surface area contributed by atoms with Crippen molar-refractivity contribution in [1.82, 2.24) is 0 Å². The highest BCUT2D eigenvalue weighted by atomic mass is 35.5. The Balaban J connectivity index is 2.07. The Bertz CT molecular complexity index is 821. The normalized spacial score (nSPS) is 19.2. The van der Waals surface area contributed by atoms with E-state index in [2.05, 4.69) is 0 Å². The topological polar surface area (TPSA) is 72.8 Å². The van der Waals surface area contributed by atoms with Crippen molar-refractivity contribution in [2.45, 2.75) is 6.10 Å². The molecule has 1 aliphatic heterocycles. The molecule has 1 atom stereocenters. The molecule has 2 aromatic carbocycles. The molecule has 1 fully saturated rings. The minimum Gasteiger partial charge on any atom is -0.507 e. The summed E-state index contributed by atoms with van der Waals surface area (Å²) in [4.78, 5) is 23.9. The van der Waals surface area contributed by atoms with Gasteiger partial charge in [-0.3, -0.25) is 4.79 Å². The molecule has 0 amide bonds. The summed E-state index contributed by atoms with van der Waals surface area (Å²) < 4.78 is 10.2. The zero-order valence-corrected chi connectivity index (χ0v) is 13.4. The third-order valence-corrected chi connectivity index (χ3v) is 3.96. The fourth-order valence-corrected chi connectivity index (χ4v) is 2.58. The number of carbonyl (C=O) groups excluding carboxylic acids is 2. The summed E-state index contributed by atoms with van der Waals surface area (Å²) >= 11 is 5.83. The number of benzene rings is 2. The lowest BCUT2D eigenvalue weighted by Gasteiger charge is -2.13. The summed E-state index contributed by atoms with van der Waals surface area (Å²) in [6.45, 7) is 0. The van der Waals surface area contributed by atoms with Crippen LogP contribution in [0.5, 0.6) is 5.75 Å². The average molecular weight is 345 g/mol. The number of esters is 1. The summed E-state index contributed by atoms with van der Waals surface area (Å²) in [5.74, 6) is -1.53. The molecule has 0 bridgehead atoms. The molecule has 2 aromatic rings. The Kier molecular flexibility index (Phi) is 4.27. The van der Waals surface area contributed by atoms with Gasteiger partial charge in [-0.1, -0.05) is 23.7 Å². The molecule has 1 heterocycles. The van der Waals surface area contributed by atoms with E-state index in [9.17, 15) is 14.7 Å². The van der Waals surface area contributed by atoms with Gasteiger partial charge in [-0.15, -0.1) is 0 Å². The Hall–Kier alpha value is -2.79. The predicted octanol–water partition coefficient (Wildman–Crippen LogP) is 3.48. The van der Waals surface area contributed by atoms with Crippen molar-refractivity contribution in [3.8, 4) is 5.75 Å². The van der Waals surface area contributed by atoms with Crippen LogP contribution in [0.25, 0.3) is 5.76 Å². The SMILES string of the molecule is COc1ccc(C2OC(=O)C(=O)/C2=C(\O)c2ccc(Cl)cc2)cc1. The molecule has 1 N–H and O–H groups in total. The van der Waals surface area contributed by atoms with Crippen molar-refractivity contribution in [2.75, 3.05) is 7.11 Å². The second kappa shape index (κ2) is 6.37. The van der Waals surface area contributed by atoms with E-state index in [0.717, 1.165) is 0 Å². The molecule has 0 spiro atoms. The first-order chi connectivity index (χ1) is 11.5. The average Bonchev–Trinajstić information content (AvgIpc) is 2.90. The number of ether oxygens (including phenoxy) is 2. The van der Waals surface area contributed by atoms with Crippen LogP contribution < -0.4 is 4.74 Å². The zero-order chi connectivity index (χ0) is 17.3. The molecule has 0 aromatic heterocycles. The molecule has 5 nitrogen and oxygen atoms in total. The van der Waals surface area contributed by atoms with Gasteiger partial charge in [0.1, 0.15) is 11.5 Å². The number of carbonyl (C=O) groups is 2. The third kappa shape index (κ3) is 2.86. The lowest BCUT2D eigenvalue weighted by Crippen LogP contribution is -2.08.